The molecular formula is C11H18N2O3S2. The Morgan fingerprint density at radius 1 is 1.33 bits per heavy atom. The molecule has 0 amide bonds. The zero-order valence-electron chi connectivity index (χ0n) is 10.4. The number of hydrogen-bond donors (Lipinski definition) is 2. The molecule has 1 aromatic carbocycles. The van der Waals surface area contributed by atoms with E-state index >= 15 is 0 Å². The van der Waals surface area contributed by atoms with Crippen LogP contribution in [-0.4, -0.2) is 30.7 Å². The standard InChI is InChI=1S/C11H18N2O3S2/c1-9(17(2)14)7-8-13-10-3-5-11(6-4-10)18(12,15)16/h3-6,9,13H,7-8H2,1-2H3,(H2,12,15,16). The third kappa shape index (κ3) is 4.75. The Morgan fingerprint density at radius 3 is 2.33 bits per heavy atom. The molecule has 0 bridgehead atoms. The molecule has 0 spiro atoms. The fraction of sp³-hybridized carbons (Fsp3) is 0.455. The summed E-state index contributed by atoms with van der Waals surface area (Å²) in [7, 11) is -4.45. The van der Waals surface area contributed by atoms with Gasteiger partial charge in [0.2, 0.25) is 10.0 Å². The van der Waals surface area contributed by atoms with Crippen LogP contribution in [0.2, 0.25) is 0 Å². The first-order chi connectivity index (χ1) is 8.30. The second-order valence-electron chi connectivity index (χ2n) is 4.09. The first-order valence-corrected chi connectivity index (χ1v) is 8.66. The number of sulfonamides is 1. The fourth-order valence-electron chi connectivity index (χ4n) is 1.35. The summed E-state index contributed by atoms with van der Waals surface area (Å²) in [6, 6.07) is 6.23. The minimum atomic E-state index is -3.63. The van der Waals surface area contributed by atoms with Crippen molar-refractivity contribution in [2.24, 2.45) is 5.14 Å². The zero-order chi connectivity index (χ0) is 13.8. The Hall–Kier alpha value is -0.920. The summed E-state index contributed by atoms with van der Waals surface area (Å²) < 4.78 is 33.2. The number of primary sulfonamides is 1. The maximum atomic E-state index is 11.1. The highest BCUT2D eigenvalue weighted by Gasteiger charge is 2.07. The molecule has 0 radical (unpaired) electrons. The first-order valence-electron chi connectivity index (χ1n) is 5.49. The fourth-order valence-corrected chi connectivity index (χ4v) is 2.31. The second kappa shape index (κ2) is 6.31. The van der Waals surface area contributed by atoms with E-state index in [0.717, 1.165) is 12.1 Å². The molecule has 0 aliphatic rings. The topological polar surface area (TPSA) is 89.3 Å². The Kier molecular flexibility index (Phi) is 5.30. The number of anilines is 1. The number of nitrogens with two attached hydrogens (primary N) is 1. The van der Waals surface area contributed by atoms with Crippen molar-refractivity contribution < 1.29 is 12.6 Å². The molecule has 0 saturated heterocycles. The molecule has 2 atom stereocenters. The van der Waals surface area contributed by atoms with Gasteiger partial charge < -0.3 is 5.32 Å². The van der Waals surface area contributed by atoms with E-state index in [2.05, 4.69) is 5.32 Å². The van der Waals surface area contributed by atoms with Gasteiger partial charge in [0.05, 0.1) is 4.90 Å². The van der Waals surface area contributed by atoms with Crippen LogP contribution < -0.4 is 10.5 Å². The molecule has 0 aromatic heterocycles. The lowest BCUT2D eigenvalue weighted by Crippen LogP contribution is -2.15. The predicted octanol–water partition coefficient (Wildman–Crippen LogP) is 0.903. The van der Waals surface area contributed by atoms with Crippen molar-refractivity contribution in [1.29, 1.82) is 0 Å². The number of nitrogens with one attached hydrogen (secondary N) is 1. The van der Waals surface area contributed by atoms with E-state index in [9.17, 15) is 12.6 Å². The third-order valence-corrected chi connectivity index (χ3v) is 4.93. The molecule has 5 nitrogen and oxygen atoms in total. The van der Waals surface area contributed by atoms with Crippen LogP contribution in [0.4, 0.5) is 5.69 Å². The summed E-state index contributed by atoms with van der Waals surface area (Å²) in [4.78, 5) is 0.0936. The van der Waals surface area contributed by atoms with Gasteiger partial charge in [-0.15, -0.1) is 0 Å². The molecule has 1 aromatic rings. The summed E-state index contributed by atoms with van der Waals surface area (Å²) >= 11 is 0. The van der Waals surface area contributed by atoms with E-state index in [-0.39, 0.29) is 10.1 Å². The average Bonchev–Trinajstić information content (AvgIpc) is 2.28. The Morgan fingerprint density at radius 2 is 1.89 bits per heavy atom. The molecule has 0 aliphatic heterocycles. The van der Waals surface area contributed by atoms with E-state index in [1.807, 2.05) is 6.92 Å². The van der Waals surface area contributed by atoms with Gasteiger partial charge in [0.1, 0.15) is 0 Å². The van der Waals surface area contributed by atoms with Gasteiger partial charge in [-0.25, -0.2) is 13.6 Å². The Balaban J connectivity index is 2.52. The van der Waals surface area contributed by atoms with Crippen molar-refractivity contribution in [1.82, 2.24) is 0 Å². The Labute approximate surface area is 110 Å². The van der Waals surface area contributed by atoms with Crippen molar-refractivity contribution in [2.75, 3.05) is 18.1 Å². The highest BCUT2D eigenvalue weighted by molar-refractivity contribution is 7.89. The second-order valence-corrected chi connectivity index (χ2v) is 7.46. The van der Waals surface area contributed by atoms with Gasteiger partial charge in [0, 0.05) is 34.5 Å². The maximum Gasteiger partial charge on any atom is 0.238 e. The van der Waals surface area contributed by atoms with Gasteiger partial charge in [0.15, 0.2) is 0 Å². The highest BCUT2D eigenvalue weighted by atomic mass is 32.2. The minimum Gasteiger partial charge on any atom is -0.385 e. The number of hydrogen-bond acceptors (Lipinski definition) is 4. The van der Waals surface area contributed by atoms with Crippen molar-refractivity contribution in [3.8, 4) is 0 Å². The smallest absolute Gasteiger partial charge is 0.238 e. The molecule has 102 valence electrons. The van der Waals surface area contributed by atoms with Gasteiger partial charge in [-0.2, -0.15) is 0 Å². The maximum absolute atomic E-state index is 11.1. The minimum absolute atomic E-state index is 0.0936. The SMILES string of the molecule is CC(CCNc1ccc(S(N)(=O)=O)cc1)S(C)=O. The van der Waals surface area contributed by atoms with Gasteiger partial charge in [-0.3, -0.25) is 4.21 Å². The summed E-state index contributed by atoms with van der Waals surface area (Å²) in [5, 5.41) is 8.28. The molecular weight excluding hydrogens is 272 g/mol. The quantitative estimate of drug-likeness (QED) is 0.814. The average molecular weight is 290 g/mol. The Bertz CT molecular complexity index is 512. The lowest BCUT2D eigenvalue weighted by molar-refractivity contribution is 0.598. The summed E-state index contributed by atoms with van der Waals surface area (Å²) in [5.74, 6) is 0. The monoisotopic (exact) mass is 290 g/mol. The normalized spacial score (nSPS) is 15.1. The van der Waals surface area contributed by atoms with Crippen LogP contribution in [0.5, 0.6) is 0 Å². The number of rotatable bonds is 6. The van der Waals surface area contributed by atoms with Crippen molar-refractivity contribution in [2.45, 2.75) is 23.5 Å². The van der Waals surface area contributed by atoms with Crippen LogP contribution in [0, 0.1) is 0 Å². The molecule has 0 fully saturated rings. The van der Waals surface area contributed by atoms with Crippen LogP contribution in [0.3, 0.4) is 0 Å². The van der Waals surface area contributed by atoms with E-state index in [0.29, 0.717) is 6.54 Å². The van der Waals surface area contributed by atoms with E-state index in [4.69, 9.17) is 5.14 Å². The van der Waals surface area contributed by atoms with Gasteiger partial charge >= 0.3 is 0 Å². The van der Waals surface area contributed by atoms with Crippen LogP contribution >= 0.6 is 0 Å². The van der Waals surface area contributed by atoms with Crippen molar-refractivity contribution >= 4 is 26.5 Å². The van der Waals surface area contributed by atoms with E-state index in [1.165, 1.54) is 12.1 Å². The number of benzene rings is 1. The lowest BCUT2D eigenvalue weighted by atomic mass is 10.3. The lowest BCUT2D eigenvalue weighted by Gasteiger charge is -2.10. The molecule has 2 unspecified atom stereocenters. The summed E-state index contributed by atoms with van der Waals surface area (Å²) in [6.07, 6.45) is 2.48. The van der Waals surface area contributed by atoms with Gasteiger partial charge in [0.25, 0.3) is 0 Å². The molecule has 0 saturated carbocycles. The molecule has 7 heteroatoms. The highest BCUT2D eigenvalue weighted by Crippen LogP contribution is 2.13. The summed E-state index contributed by atoms with van der Waals surface area (Å²) in [6.45, 7) is 2.62. The molecule has 0 aliphatic carbocycles. The van der Waals surface area contributed by atoms with Crippen molar-refractivity contribution in [3.63, 3.8) is 0 Å². The molecule has 0 heterocycles. The van der Waals surface area contributed by atoms with Gasteiger partial charge in [-0.1, -0.05) is 6.92 Å². The molecule has 3 N–H and O–H groups in total. The van der Waals surface area contributed by atoms with Crippen LogP contribution in [0.1, 0.15) is 13.3 Å². The van der Waals surface area contributed by atoms with E-state index < -0.39 is 20.8 Å². The van der Waals surface area contributed by atoms with Crippen molar-refractivity contribution in [3.05, 3.63) is 24.3 Å². The first kappa shape index (κ1) is 15.1. The molecule has 18 heavy (non-hydrogen) atoms. The summed E-state index contributed by atoms with van der Waals surface area (Å²) in [5.41, 5.74) is 0.816. The zero-order valence-corrected chi connectivity index (χ0v) is 12.1. The molecule has 1 rings (SSSR count). The predicted molar refractivity (Wildman–Crippen MR) is 74.5 cm³/mol. The third-order valence-electron chi connectivity index (χ3n) is 2.63. The van der Waals surface area contributed by atoms with E-state index in [1.54, 1.807) is 18.4 Å². The largest absolute Gasteiger partial charge is 0.385 e. The van der Waals surface area contributed by atoms with Gasteiger partial charge in [-0.05, 0) is 30.7 Å². The van der Waals surface area contributed by atoms with Crippen LogP contribution in [-0.2, 0) is 20.8 Å². The van der Waals surface area contributed by atoms with Crippen LogP contribution in [0.15, 0.2) is 29.2 Å². The van der Waals surface area contributed by atoms with Crippen LogP contribution in [0.25, 0.3) is 0 Å².